The molecule has 2 heterocycles. The van der Waals surface area contributed by atoms with Gasteiger partial charge in [-0.1, -0.05) is 17.8 Å². The second-order valence-corrected chi connectivity index (χ2v) is 8.01. The lowest BCUT2D eigenvalue weighted by Crippen LogP contribution is -2.13. The van der Waals surface area contributed by atoms with Crippen molar-refractivity contribution in [2.45, 2.75) is 23.1 Å². The molecule has 0 spiro atoms. The van der Waals surface area contributed by atoms with Crippen LogP contribution in [-0.2, 0) is 0 Å². The molecule has 0 saturated carbocycles. The zero-order valence-corrected chi connectivity index (χ0v) is 15.9. The van der Waals surface area contributed by atoms with Crippen molar-refractivity contribution in [1.82, 2.24) is 4.98 Å². The molecular weight excluding hydrogens is 368 g/mol. The summed E-state index contributed by atoms with van der Waals surface area (Å²) >= 11 is 3.25. The number of carbonyl (C=O) groups excluding carboxylic acids is 1. The van der Waals surface area contributed by atoms with Crippen LogP contribution in [0.4, 0.5) is 5.69 Å². The fourth-order valence-electron chi connectivity index (χ4n) is 2.62. The molecule has 1 aliphatic heterocycles. The molecule has 0 unspecified atom stereocenters. The van der Waals surface area contributed by atoms with Gasteiger partial charge in [0.1, 0.15) is 0 Å². The first kappa shape index (κ1) is 16.9. The highest BCUT2D eigenvalue weighted by atomic mass is 32.2. The summed E-state index contributed by atoms with van der Waals surface area (Å²) in [5.41, 5.74) is 3.25. The number of hydrogen-bond acceptors (Lipinski definition) is 6. The molecule has 0 aliphatic carbocycles. The Balaban J connectivity index is 1.52. The van der Waals surface area contributed by atoms with Gasteiger partial charge >= 0.3 is 0 Å². The zero-order valence-electron chi connectivity index (χ0n) is 14.2. The number of benzene rings is 2. The standard InChI is InChI=1S/C19H16N2O3S2/c1-11-8-13(26-19-20-12(2)9-25-19)6-7-15(11)21-18(22)14-4-3-5-16-17(14)24-10-23-16/h3-9H,10H2,1-2H3,(H,21,22). The molecule has 0 fully saturated rings. The number of para-hydroxylation sites is 1. The first-order valence-corrected chi connectivity index (χ1v) is 9.70. The molecular formula is C19H16N2O3S2. The van der Waals surface area contributed by atoms with Gasteiger partial charge in [-0.15, -0.1) is 11.3 Å². The number of rotatable bonds is 4. The number of aryl methyl sites for hydroxylation is 2. The second kappa shape index (κ2) is 7.01. The fraction of sp³-hybridized carbons (Fsp3) is 0.158. The van der Waals surface area contributed by atoms with Crippen LogP contribution in [0.25, 0.3) is 0 Å². The van der Waals surface area contributed by atoms with Crippen molar-refractivity contribution in [3.8, 4) is 11.5 Å². The highest BCUT2D eigenvalue weighted by molar-refractivity contribution is 8.01. The number of nitrogens with one attached hydrogen (secondary N) is 1. The van der Waals surface area contributed by atoms with Gasteiger partial charge in [0.25, 0.3) is 5.91 Å². The summed E-state index contributed by atoms with van der Waals surface area (Å²) in [4.78, 5) is 18.2. The molecule has 0 atom stereocenters. The SMILES string of the molecule is Cc1csc(Sc2ccc(NC(=O)c3cccc4c3OCO4)c(C)c2)n1. The van der Waals surface area contributed by atoms with E-state index in [1.54, 1.807) is 41.3 Å². The van der Waals surface area contributed by atoms with Crippen molar-refractivity contribution in [3.05, 3.63) is 58.6 Å². The number of ether oxygens (including phenoxy) is 2. The quantitative estimate of drug-likeness (QED) is 0.694. The number of nitrogens with zero attached hydrogens (tertiary/aromatic N) is 1. The van der Waals surface area contributed by atoms with E-state index in [9.17, 15) is 4.79 Å². The van der Waals surface area contributed by atoms with E-state index in [4.69, 9.17) is 9.47 Å². The van der Waals surface area contributed by atoms with Gasteiger partial charge in [0.2, 0.25) is 6.79 Å². The highest BCUT2D eigenvalue weighted by Gasteiger charge is 2.22. The predicted octanol–water partition coefficient (Wildman–Crippen LogP) is 4.89. The Hall–Kier alpha value is -2.51. The maximum absolute atomic E-state index is 12.6. The largest absolute Gasteiger partial charge is 0.454 e. The Kier molecular flexibility index (Phi) is 4.57. The number of anilines is 1. The van der Waals surface area contributed by atoms with E-state index in [-0.39, 0.29) is 12.7 Å². The van der Waals surface area contributed by atoms with Gasteiger partial charge in [0.05, 0.1) is 5.56 Å². The highest BCUT2D eigenvalue weighted by Crippen LogP contribution is 2.36. The summed E-state index contributed by atoms with van der Waals surface area (Å²) in [6.45, 7) is 4.10. The molecule has 26 heavy (non-hydrogen) atoms. The lowest BCUT2D eigenvalue weighted by Gasteiger charge is -2.11. The maximum Gasteiger partial charge on any atom is 0.259 e. The van der Waals surface area contributed by atoms with Gasteiger partial charge in [-0.2, -0.15) is 0 Å². The average Bonchev–Trinajstić information content (AvgIpc) is 3.25. The number of thiazole rings is 1. The van der Waals surface area contributed by atoms with Crippen molar-refractivity contribution in [2.24, 2.45) is 0 Å². The number of carbonyl (C=O) groups is 1. The van der Waals surface area contributed by atoms with Gasteiger partial charge in [-0.05, 0) is 49.7 Å². The number of amides is 1. The average molecular weight is 384 g/mol. The van der Waals surface area contributed by atoms with E-state index < -0.39 is 0 Å². The molecule has 1 amide bonds. The fourth-order valence-corrected chi connectivity index (χ4v) is 4.53. The number of aromatic nitrogens is 1. The summed E-state index contributed by atoms with van der Waals surface area (Å²) in [6, 6.07) is 11.2. The van der Waals surface area contributed by atoms with E-state index in [1.165, 1.54) is 0 Å². The molecule has 5 nitrogen and oxygen atoms in total. The molecule has 7 heteroatoms. The topological polar surface area (TPSA) is 60.5 Å². The lowest BCUT2D eigenvalue weighted by molar-refractivity contribution is 0.102. The summed E-state index contributed by atoms with van der Waals surface area (Å²) in [6.07, 6.45) is 0. The van der Waals surface area contributed by atoms with E-state index >= 15 is 0 Å². The van der Waals surface area contributed by atoms with E-state index in [0.29, 0.717) is 17.1 Å². The van der Waals surface area contributed by atoms with Crippen LogP contribution >= 0.6 is 23.1 Å². The van der Waals surface area contributed by atoms with Crippen LogP contribution < -0.4 is 14.8 Å². The normalized spacial score (nSPS) is 12.2. The molecule has 0 bridgehead atoms. The molecule has 1 N–H and O–H groups in total. The third kappa shape index (κ3) is 3.40. The Bertz CT molecular complexity index is 985. The van der Waals surface area contributed by atoms with Gasteiger partial charge < -0.3 is 14.8 Å². The minimum atomic E-state index is -0.216. The van der Waals surface area contributed by atoms with Crippen LogP contribution in [0.3, 0.4) is 0 Å². The van der Waals surface area contributed by atoms with Crippen LogP contribution in [0.15, 0.2) is 51.0 Å². The Morgan fingerprint density at radius 3 is 2.88 bits per heavy atom. The monoisotopic (exact) mass is 384 g/mol. The molecule has 3 aromatic rings. The summed E-state index contributed by atoms with van der Waals surface area (Å²) in [5, 5.41) is 4.99. The third-order valence-electron chi connectivity index (χ3n) is 3.89. The van der Waals surface area contributed by atoms with Crippen LogP contribution in [0.5, 0.6) is 11.5 Å². The first-order valence-electron chi connectivity index (χ1n) is 8.01. The van der Waals surface area contributed by atoms with Gasteiger partial charge in [-0.25, -0.2) is 4.98 Å². The molecule has 1 aromatic heterocycles. The van der Waals surface area contributed by atoms with Gasteiger partial charge in [0, 0.05) is 21.7 Å². The summed E-state index contributed by atoms with van der Waals surface area (Å²) < 4.78 is 11.8. The summed E-state index contributed by atoms with van der Waals surface area (Å²) in [5.74, 6) is 0.875. The predicted molar refractivity (Wildman–Crippen MR) is 103 cm³/mol. The smallest absolute Gasteiger partial charge is 0.259 e. The van der Waals surface area contributed by atoms with Crippen LogP contribution in [0, 0.1) is 13.8 Å². The molecule has 0 radical (unpaired) electrons. The summed E-state index contributed by atoms with van der Waals surface area (Å²) in [7, 11) is 0. The first-order chi connectivity index (χ1) is 12.6. The van der Waals surface area contributed by atoms with E-state index in [2.05, 4.69) is 10.3 Å². The number of fused-ring (bicyclic) bond motifs is 1. The molecule has 0 saturated heterocycles. The van der Waals surface area contributed by atoms with Crippen molar-refractivity contribution >= 4 is 34.7 Å². The van der Waals surface area contributed by atoms with Crippen LogP contribution in [-0.4, -0.2) is 17.7 Å². The molecule has 1 aliphatic rings. The van der Waals surface area contributed by atoms with Crippen molar-refractivity contribution < 1.29 is 14.3 Å². The van der Waals surface area contributed by atoms with E-state index in [1.807, 2.05) is 37.4 Å². The van der Waals surface area contributed by atoms with Crippen LogP contribution in [0.1, 0.15) is 21.6 Å². The minimum Gasteiger partial charge on any atom is -0.454 e. The Morgan fingerprint density at radius 1 is 1.23 bits per heavy atom. The van der Waals surface area contributed by atoms with Gasteiger partial charge in [-0.3, -0.25) is 4.79 Å². The second-order valence-electron chi connectivity index (χ2n) is 5.83. The third-order valence-corrected chi connectivity index (χ3v) is 5.94. The number of hydrogen-bond donors (Lipinski definition) is 1. The lowest BCUT2D eigenvalue weighted by atomic mass is 10.1. The molecule has 132 valence electrons. The zero-order chi connectivity index (χ0) is 18.1. The Labute approximate surface area is 159 Å². The van der Waals surface area contributed by atoms with Crippen molar-refractivity contribution in [1.29, 1.82) is 0 Å². The Morgan fingerprint density at radius 2 is 2.12 bits per heavy atom. The molecule has 4 rings (SSSR count). The molecule has 2 aromatic carbocycles. The van der Waals surface area contributed by atoms with Crippen molar-refractivity contribution in [2.75, 3.05) is 12.1 Å². The van der Waals surface area contributed by atoms with Crippen LogP contribution in [0.2, 0.25) is 0 Å². The maximum atomic E-state index is 12.6. The van der Waals surface area contributed by atoms with Gasteiger partial charge in [0.15, 0.2) is 15.8 Å². The van der Waals surface area contributed by atoms with E-state index in [0.717, 1.165) is 26.2 Å². The van der Waals surface area contributed by atoms with Crippen molar-refractivity contribution in [3.63, 3.8) is 0 Å². The minimum absolute atomic E-state index is 0.140.